The van der Waals surface area contributed by atoms with Crippen LogP contribution in [0.3, 0.4) is 0 Å². The van der Waals surface area contributed by atoms with Crippen molar-refractivity contribution >= 4 is 22.5 Å². The molecule has 24 heavy (non-hydrogen) atoms. The molecule has 4 rings (SSSR count). The van der Waals surface area contributed by atoms with Crippen LogP contribution in [-0.4, -0.2) is 16.5 Å². The van der Waals surface area contributed by atoms with Crippen molar-refractivity contribution in [2.45, 2.75) is 40.0 Å². The van der Waals surface area contributed by atoms with Crippen LogP contribution >= 0.6 is 0 Å². The van der Waals surface area contributed by atoms with Gasteiger partial charge in [-0.25, -0.2) is 4.98 Å². The van der Waals surface area contributed by atoms with E-state index in [1.807, 2.05) is 36.4 Å². The summed E-state index contributed by atoms with van der Waals surface area (Å²) in [5, 5.41) is 10.0. The van der Waals surface area contributed by atoms with Crippen LogP contribution in [0.25, 0.3) is 10.9 Å². The Morgan fingerprint density at radius 1 is 1.17 bits per heavy atom. The number of benzene rings is 1. The smallest absolute Gasteiger partial charge is 0.172 e. The molecule has 1 aromatic heterocycles. The van der Waals surface area contributed by atoms with Crippen molar-refractivity contribution in [3.63, 3.8) is 0 Å². The summed E-state index contributed by atoms with van der Waals surface area (Å²) in [5.41, 5.74) is 9.42. The van der Waals surface area contributed by atoms with E-state index in [1.165, 1.54) is 18.6 Å². The van der Waals surface area contributed by atoms with Crippen molar-refractivity contribution in [2.75, 3.05) is 0 Å². The molecule has 4 nitrogen and oxygen atoms in total. The number of hydrogen-bond donors (Lipinski definition) is 1. The lowest BCUT2D eigenvalue weighted by molar-refractivity contribution is 0.194. The van der Waals surface area contributed by atoms with Gasteiger partial charge >= 0.3 is 0 Å². The second kappa shape index (κ2) is 5.13. The van der Waals surface area contributed by atoms with Crippen LogP contribution in [0.15, 0.2) is 46.6 Å². The third-order valence-corrected chi connectivity index (χ3v) is 6.65. The summed E-state index contributed by atoms with van der Waals surface area (Å²) in [4.78, 5) is 4.59. The summed E-state index contributed by atoms with van der Waals surface area (Å²) in [7, 11) is 0. The molecular formula is C20H24N4. The number of amidine groups is 1. The maximum absolute atomic E-state index is 6.15. The number of aromatic nitrogens is 1. The van der Waals surface area contributed by atoms with Gasteiger partial charge < -0.3 is 5.73 Å². The summed E-state index contributed by atoms with van der Waals surface area (Å²) in [6.45, 7) is 7.06. The molecule has 2 atom stereocenters. The van der Waals surface area contributed by atoms with Crippen LogP contribution < -0.4 is 5.73 Å². The molecule has 2 aliphatic rings. The molecule has 4 heteroatoms. The zero-order chi connectivity index (χ0) is 16.9. The highest BCUT2D eigenvalue weighted by atomic mass is 15.2. The van der Waals surface area contributed by atoms with Crippen LogP contribution in [0, 0.1) is 16.7 Å². The van der Waals surface area contributed by atoms with Gasteiger partial charge in [-0.2, -0.15) is 5.10 Å². The van der Waals surface area contributed by atoms with Gasteiger partial charge in [0.1, 0.15) is 5.69 Å². The van der Waals surface area contributed by atoms with Crippen molar-refractivity contribution in [2.24, 2.45) is 32.7 Å². The number of fused-ring (bicyclic) bond motifs is 3. The lowest BCUT2D eigenvalue weighted by Crippen LogP contribution is -2.32. The number of nitrogens with two attached hydrogens (primary N) is 1. The fraction of sp³-hybridized carbons (Fsp3) is 0.450. The van der Waals surface area contributed by atoms with E-state index in [-0.39, 0.29) is 5.41 Å². The van der Waals surface area contributed by atoms with E-state index in [4.69, 9.17) is 5.73 Å². The average molecular weight is 320 g/mol. The van der Waals surface area contributed by atoms with E-state index in [2.05, 4.69) is 36.0 Å². The first-order valence-corrected chi connectivity index (χ1v) is 8.68. The highest BCUT2D eigenvalue weighted by Gasteiger charge is 2.60. The second-order valence-electron chi connectivity index (χ2n) is 7.91. The van der Waals surface area contributed by atoms with Gasteiger partial charge in [-0.15, -0.1) is 5.10 Å². The van der Waals surface area contributed by atoms with Crippen molar-refractivity contribution in [3.8, 4) is 0 Å². The fourth-order valence-electron chi connectivity index (χ4n) is 4.45. The van der Waals surface area contributed by atoms with Gasteiger partial charge in [0.15, 0.2) is 5.84 Å². The van der Waals surface area contributed by atoms with E-state index in [1.54, 1.807) is 0 Å². The first-order chi connectivity index (χ1) is 11.4. The Labute approximate surface area is 142 Å². The number of para-hydroxylation sites is 1. The summed E-state index contributed by atoms with van der Waals surface area (Å²) < 4.78 is 0. The van der Waals surface area contributed by atoms with Gasteiger partial charge in [-0.3, -0.25) is 0 Å². The molecule has 0 spiro atoms. The van der Waals surface area contributed by atoms with Crippen molar-refractivity contribution < 1.29 is 0 Å². The van der Waals surface area contributed by atoms with E-state index in [0.717, 1.165) is 23.2 Å². The molecule has 2 aromatic rings. The van der Waals surface area contributed by atoms with Gasteiger partial charge in [-0.1, -0.05) is 45.0 Å². The number of rotatable bonds is 2. The molecule has 1 aromatic carbocycles. The van der Waals surface area contributed by atoms with Gasteiger partial charge in [0.05, 0.1) is 5.52 Å². The van der Waals surface area contributed by atoms with Crippen LogP contribution in [0.4, 0.5) is 0 Å². The standard InChI is InChI=1S/C20H24N4/c1-19(2)14-10-11-20(19,3)17(12-14)23-24-18(21)16-9-8-13-6-4-5-7-15(13)22-16/h4-9,14H,10-12H2,1-3H3,(H2,21,24)/b23-17+. The predicted molar refractivity (Wildman–Crippen MR) is 99.1 cm³/mol. The molecular weight excluding hydrogens is 296 g/mol. The monoisotopic (exact) mass is 320 g/mol. The summed E-state index contributed by atoms with van der Waals surface area (Å²) >= 11 is 0. The third kappa shape index (κ3) is 2.09. The molecule has 2 fully saturated rings. The van der Waals surface area contributed by atoms with Crippen LogP contribution in [0.5, 0.6) is 0 Å². The van der Waals surface area contributed by atoms with E-state index >= 15 is 0 Å². The second-order valence-corrected chi connectivity index (χ2v) is 7.91. The molecule has 2 saturated carbocycles. The Bertz CT molecular complexity index is 865. The minimum atomic E-state index is 0.151. The Hall–Kier alpha value is -2.23. The molecule has 1 heterocycles. The first kappa shape index (κ1) is 15.3. The van der Waals surface area contributed by atoms with Gasteiger partial charge in [0, 0.05) is 16.5 Å². The Kier molecular flexibility index (Phi) is 3.27. The normalized spacial score (nSPS) is 30.4. The Balaban J connectivity index is 1.66. The summed E-state index contributed by atoms with van der Waals surface area (Å²) in [6, 6.07) is 11.9. The van der Waals surface area contributed by atoms with Gasteiger partial charge in [0.25, 0.3) is 0 Å². The molecule has 2 aliphatic carbocycles. The van der Waals surface area contributed by atoms with Crippen LogP contribution in [-0.2, 0) is 0 Å². The lowest BCUT2D eigenvalue weighted by atomic mass is 9.70. The number of hydrogen-bond acceptors (Lipinski definition) is 3. The maximum atomic E-state index is 6.15. The molecule has 0 amide bonds. The minimum absolute atomic E-state index is 0.151. The maximum Gasteiger partial charge on any atom is 0.172 e. The van der Waals surface area contributed by atoms with Crippen molar-refractivity contribution in [3.05, 3.63) is 42.1 Å². The van der Waals surface area contributed by atoms with E-state index in [9.17, 15) is 0 Å². The fourth-order valence-corrected chi connectivity index (χ4v) is 4.45. The zero-order valence-corrected chi connectivity index (χ0v) is 14.6. The molecule has 0 radical (unpaired) electrons. The Morgan fingerprint density at radius 3 is 2.67 bits per heavy atom. The third-order valence-electron chi connectivity index (χ3n) is 6.65. The topological polar surface area (TPSA) is 63.6 Å². The number of pyridine rings is 1. The van der Waals surface area contributed by atoms with Crippen LogP contribution in [0.2, 0.25) is 0 Å². The summed E-state index contributed by atoms with van der Waals surface area (Å²) in [5.74, 6) is 1.11. The van der Waals surface area contributed by atoms with E-state index in [0.29, 0.717) is 16.9 Å². The van der Waals surface area contributed by atoms with Crippen LogP contribution in [0.1, 0.15) is 45.7 Å². The molecule has 2 unspecified atom stereocenters. The summed E-state index contributed by atoms with van der Waals surface area (Å²) in [6.07, 6.45) is 3.55. The van der Waals surface area contributed by atoms with Crippen molar-refractivity contribution in [1.82, 2.24) is 4.98 Å². The van der Waals surface area contributed by atoms with Crippen molar-refractivity contribution in [1.29, 1.82) is 0 Å². The molecule has 2 N–H and O–H groups in total. The largest absolute Gasteiger partial charge is 0.380 e. The average Bonchev–Trinajstić information content (AvgIpc) is 2.92. The van der Waals surface area contributed by atoms with Gasteiger partial charge in [-0.05, 0) is 42.7 Å². The van der Waals surface area contributed by atoms with E-state index < -0.39 is 0 Å². The Morgan fingerprint density at radius 2 is 1.96 bits per heavy atom. The highest BCUT2D eigenvalue weighted by molar-refractivity contribution is 5.99. The molecule has 0 saturated heterocycles. The van der Waals surface area contributed by atoms with Gasteiger partial charge in [0.2, 0.25) is 0 Å². The first-order valence-electron chi connectivity index (χ1n) is 8.68. The predicted octanol–water partition coefficient (Wildman–Crippen LogP) is 4.14. The number of nitrogens with zero attached hydrogens (tertiary/aromatic N) is 3. The SMILES string of the molecule is CC12CCC(C/C1=N\N=C(/N)c1ccc3ccccc3n1)C2(C)C. The quantitative estimate of drug-likeness (QED) is 0.513. The molecule has 2 bridgehead atoms. The highest BCUT2D eigenvalue weighted by Crippen LogP contribution is 2.63. The molecule has 124 valence electrons. The minimum Gasteiger partial charge on any atom is -0.380 e. The lowest BCUT2D eigenvalue weighted by Gasteiger charge is -2.34. The zero-order valence-electron chi connectivity index (χ0n) is 14.6. The molecule has 0 aliphatic heterocycles.